The third-order valence-electron chi connectivity index (χ3n) is 3.55. The number of aromatic amines is 1. The fraction of sp³-hybridized carbons (Fsp3) is 0.357. The summed E-state index contributed by atoms with van der Waals surface area (Å²) in [6.45, 7) is 1.77. The molecule has 1 saturated heterocycles. The lowest BCUT2D eigenvalue weighted by atomic mass is 10.2. The van der Waals surface area contributed by atoms with E-state index < -0.39 is 11.5 Å². The second kappa shape index (κ2) is 6.61. The first-order valence-corrected chi connectivity index (χ1v) is 7.40. The van der Waals surface area contributed by atoms with Crippen LogP contribution in [0.2, 0.25) is 5.02 Å². The van der Waals surface area contributed by atoms with E-state index in [0.717, 1.165) is 0 Å². The average Bonchev–Trinajstić information content (AvgIpc) is 2.57. The first-order valence-electron chi connectivity index (χ1n) is 7.02. The zero-order valence-electron chi connectivity index (χ0n) is 12.3. The molecule has 0 saturated carbocycles. The zero-order chi connectivity index (χ0) is 16.4. The fourth-order valence-electron chi connectivity index (χ4n) is 2.32. The lowest BCUT2D eigenvalue weighted by Crippen LogP contribution is -2.52. The van der Waals surface area contributed by atoms with Crippen LogP contribution in [0.3, 0.4) is 0 Å². The topological polar surface area (TPSA) is 83.1 Å². The first kappa shape index (κ1) is 15.9. The van der Waals surface area contributed by atoms with Gasteiger partial charge in [0, 0.05) is 31.4 Å². The number of aromatic nitrogens is 3. The number of pyridine rings is 1. The summed E-state index contributed by atoms with van der Waals surface area (Å²) in [5, 5.41) is 3.22. The van der Waals surface area contributed by atoms with Gasteiger partial charge in [-0.25, -0.2) is 9.97 Å². The molecule has 3 rings (SSSR count). The average molecular weight is 340 g/mol. The van der Waals surface area contributed by atoms with Gasteiger partial charge in [0.1, 0.15) is 17.0 Å². The summed E-state index contributed by atoms with van der Waals surface area (Å²) in [6, 6.07) is 2.75. The summed E-state index contributed by atoms with van der Waals surface area (Å²) in [6.07, 6.45) is 1.15. The Kier molecular flexibility index (Phi) is 4.56. The molecule has 1 atom stereocenters. The summed E-state index contributed by atoms with van der Waals surface area (Å²) < 4.78 is 18.7. The Morgan fingerprint density at radius 3 is 3.04 bits per heavy atom. The Morgan fingerprint density at radius 1 is 1.52 bits per heavy atom. The molecule has 122 valence electrons. The third-order valence-corrected chi connectivity index (χ3v) is 3.89. The molecule has 2 aromatic rings. The molecule has 23 heavy (non-hydrogen) atoms. The zero-order valence-corrected chi connectivity index (χ0v) is 13.1. The number of ether oxygens (including phenoxy) is 1. The largest absolute Gasteiger partial charge is 0.377 e. The van der Waals surface area contributed by atoms with E-state index in [-0.39, 0.29) is 17.0 Å². The summed E-state index contributed by atoms with van der Waals surface area (Å²) >= 11 is 6.10. The van der Waals surface area contributed by atoms with Crippen LogP contribution in [0.25, 0.3) is 11.4 Å². The highest BCUT2D eigenvalue weighted by Gasteiger charge is 2.23. The lowest BCUT2D eigenvalue weighted by molar-refractivity contribution is 0.0770. The molecule has 1 fully saturated rings. The molecule has 0 radical (unpaired) electrons. The van der Waals surface area contributed by atoms with Crippen LogP contribution in [0.15, 0.2) is 23.1 Å². The van der Waals surface area contributed by atoms with Crippen molar-refractivity contribution in [2.75, 3.05) is 31.7 Å². The Labute approximate surface area is 136 Å². The van der Waals surface area contributed by atoms with Crippen LogP contribution in [-0.4, -0.2) is 47.9 Å². The number of halogens is 2. The van der Waals surface area contributed by atoms with Crippen molar-refractivity contribution in [2.45, 2.75) is 6.17 Å². The van der Waals surface area contributed by atoms with Crippen LogP contribution >= 0.6 is 11.6 Å². The molecule has 0 aromatic carbocycles. The molecule has 2 N–H and O–H groups in total. The van der Waals surface area contributed by atoms with Gasteiger partial charge in [-0.1, -0.05) is 11.6 Å². The molecular formula is C14H15ClFN5O2. The highest BCUT2D eigenvalue weighted by Crippen LogP contribution is 2.23. The quantitative estimate of drug-likeness (QED) is 0.812. The third kappa shape index (κ3) is 3.34. The molecule has 1 unspecified atom stereocenters. The van der Waals surface area contributed by atoms with Crippen molar-refractivity contribution in [3.05, 3.63) is 39.7 Å². The van der Waals surface area contributed by atoms with E-state index in [1.54, 1.807) is 18.0 Å². The number of nitrogens with one attached hydrogen (secondary N) is 2. The number of morpholine rings is 1. The van der Waals surface area contributed by atoms with Crippen LogP contribution in [0.5, 0.6) is 0 Å². The normalized spacial score (nSPS) is 18.0. The predicted molar refractivity (Wildman–Crippen MR) is 84.1 cm³/mol. The lowest BCUT2D eigenvalue weighted by Gasteiger charge is -2.33. The van der Waals surface area contributed by atoms with Crippen LogP contribution in [0, 0.1) is 5.95 Å². The van der Waals surface area contributed by atoms with Crippen LogP contribution < -0.4 is 15.8 Å². The molecule has 2 aromatic heterocycles. The number of rotatable bonds is 3. The molecule has 0 amide bonds. The highest BCUT2D eigenvalue weighted by molar-refractivity contribution is 6.32. The van der Waals surface area contributed by atoms with Crippen molar-refractivity contribution >= 4 is 17.4 Å². The summed E-state index contributed by atoms with van der Waals surface area (Å²) in [5.74, 6) is -0.137. The van der Waals surface area contributed by atoms with Crippen molar-refractivity contribution < 1.29 is 9.13 Å². The second-order valence-corrected chi connectivity index (χ2v) is 5.45. The first-order chi connectivity index (χ1) is 11.1. The second-order valence-electron chi connectivity index (χ2n) is 5.08. The minimum absolute atomic E-state index is 0.0295. The van der Waals surface area contributed by atoms with Gasteiger partial charge in [0.2, 0.25) is 5.95 Å². The molecule has 9 heteroatoms. The maximum atomic E-state index is 13.3. The number of H-pyrrole nitrogens is 1. The van der Waals surface area contributed by atoms with E-state index in [4.69, 9.17) is 16.3 Å². The fourth-order valence-corrected chi connectivity index (χ4v) is 2.54. The standard InChI is InChI=1S/C14H15ClFN5O2/c1-21(10-7-23-5-4-18-10)13-11(15)14(22)20-12(19-13)8-2-3-17-9(16)6-8/h2-3,6,10,18H,4-5,7H2,1H3,(H,19,20,22). The van der Waals surface area contributed by atoms with Crippen LogP contribution in [0.1, 0.15) is 0 Å². The Balaban J connectivity index is 2.01. The summed E-state index contributed by atoms with van der Waals surface area (Å²) in [5.41, 5.74) is -0.0822. The number of hydrogen-bond acceptors (Lipinski definition) is 6. The van der Waals surface area contributed by atoms with Gasteiger partial charge in [-0.3, -0.25) is 10.1 Å². The number of anilines is 1. The Hall–Kier alpha value is -2.03. The minimum atomic E-state index is -0.655. The van der Waals surface area contributed by atoms with Gasteiger partial charge < -0.3 is 14.6 Å². The van der Waals surface area contributed by atoms with Gasteiger partial charge >= 0.3 is 0 Å². The molecule has 7 nitrogen and oxygen atoms in total. The van der Waals surface area contributed by atoms with Crippen LogP contribution in [0.4, 0.5) is 10.2 Å². The number of hydrogen-bond donors (Lipinski definition) is 2. The molecule has 1 aliphatic rings. The Bertz CT molecular complexity index is 763. The van der Waals surface area contributed by atoms with Gasteiger partial charge in [-0.2, -0.15) is 4.39 Å². The van der Waals surface area contributed by atoms with Crippen molar-refractivity contribution in [1.29, 1.82) is 0 Å². The number of nitrogens with zero attached hydrogens (tertiary/aromatic N) is 3. The van der Waals surface area contributed by atoms with Crippen molar-refractivity contribution in [3.63, 3.8) is 0 Å². The van der Waals surface area contributed by atoms with Crippen molar-refractivity contribution in [3.8, 4) is 11.4 Å². The SMILES string of the molecule is CN(c1nc(-c2ccnc(F)c2)[nH]c(=O)c1Cl)C1COCCN1. The molecule has 3 heterocycles. The maximum absolute atomic E-state index is 13.3. The predicted octanol–water partition coefficient (Wildman–Crippen LogP) is 1.01. The molecule has 0 aliphatic carbocycles. The van der Waals surface area contributed by atoms with Gasteiger partial charge in [-0.05, 0) is 6.07 Å². The molecule has 0 spiro atoms. The van der Waals surface area contributed by atoms with Gasteiger partial charge in [0.25, 0.3) is 5.56 Å². The van der Waals surface area contributed by atoms with E-state index in [2.05, 4.69) is 20.3 Å². The Morgan fingerprint density at radius 2 is 2.35 bits per heavy atom. The number of likely N-dealkylation sites (N-methyl/N-ethyl adjacent to an activating group) is 1. The highest BCUT2D eigenvalue weighted by atomic mass is 35.5. The van der Waals surface area contributed by atoms with E-state index in [0.29, 0.717) is 31.1 Å². The van der Waals surface area contributed by atoms with E-state index in [1.165, 1.54) is 12.3 Å². The molecular weight excluding hydrogens is 325 g/mol. The van der Waals surface area contributed by atoms with Gasteiger partial charge in [-0.15, -0.1) is 0 Å². The maximum Gasteiger partial charge on any atom is 0.272 e. The van der Waals surface area contributed by atoms with Crippen molar-refractivity contribution in [2.24, 2.45) is 0 Å². The van der Waals surface area contributed by atoms with Gasteiger partial charge in [0.15, 0.2) is 5.82 Å². The van der Waals surface area contributed by atoms with E-state index in [1.807, 2.05) is 0 Å². The minimum Gasteiger partial charge on any atom is -0.377 e. The van der Waals surface area contributed by atoms with Crippen LogP contribution in [-0.2, 0) is 4.74 Å². The smallest absolute Gasteiger partial charge is 0.272 e. The van der Waals surface area contributed by atoms with Crippen molar-refractivity contribution in [1.82, 2.24) is 20.3 Å². The van der Waals surface area contributed by atoms with Gasteiger partial charge in [0.05, 0.1) is 13.2 Å². The van der Waals surface area contributed by atoms with E-state index in [9.17, 15) is 9.18 Å². The summed E-state index contributed by atoms with van der Waals surface area (Å²) in [7, 11) is 1.76. The summed E-state index contributed by atoms with van der Waals surface area (Å²) in [4.78, 5) is 24.2. The van der Waals surface area contributed by atoms with E-state index >= 15 is 0 Å². The monoisotopic (exact) mass is 339 g/mol. The molecule has 0 bridgehead atoms. The molecule has 1 aliphatic heterocycles.